The highest BCUT2D eigenvalue weighted by molar-refractivity contribution is 5.53. The third-order valence-corrected chi connectivity index (χ3v) is 2.04. The van der Waals surface area contributed by atoms with Crippen LogP contribution in [0, 0.1) is 0 Å². The van der Waals surface area contributed by atoms with Crippen molar-refractivity contribution in [3.05, 3.63) is 36.4 Å². The molecule has 0 spiro atoms. The third kappa shape index (κ3) is 2.70. The maximum absolute atomic E-state index is 5.66. The second-order valence-electron chi connectivity index (χ2n) is 3.23. The molecule has 0 aliphatic carbocycles. The molecule has 0 bridgehead atoms. The van der Waals surface area contributed by atoms with Gasteiger partial charge >= 0.3 is 0 Å². The average molecular weight is 203 g/mol. The van der Waals surface area contributed by atoms with Crippen molar-refractivity contribution in [1.82, 2.24) is 15.2 Å². The summed E-state index contributed by atoms with van der Waals surface area (Å²) in [7, 11) is 0. The van der Waals surface area contributed by atoms with Crippen molar-refractivity contribution in [3.8, 4) is 0 Å². The fourth-order valence-corrected chi connectivity index (χ4v) is 1.33. The van der Waals surface area contributed by atoms with E-state index in [1.807, 2.05) is 24.3 Å². The van der Waals surface area contributed by atoms with Crippen LogP contribution in [-0.2, 0) is 6.42 Å². The van der Waals surface area contributed by atoms with Crippen LogP contribution in [0.2, 0.25) is 0 Å². The average Bonchev–Trinajstić information content (AvgIpc) is 2.71. The van der Waals surface area contributed by atoms with Gasteiger partial charge in [-0.15, -0.1) is 0 Å². The van der Waals surface area contributed by atoms with Crippen LogP contribution in [0.25, 0.3) is 0 Å². The van der Waals surface area contributed by atoms with E-state index in [0.29, 0.717) is 0 Å². The van der Waals surface area contributed by atoms with Crippen molar-refractivity contribution in [2.24, 2.45) is 0 Å². The van der Waals surface area contributed by atoms with Gasteiger partial charge in [-0.2, -0.15) is 5.10 Å². The van der Waals surface area contributed by atoms with E-state index < -0.39 is 0 Å². The molecule has 5 nitrogen and oxygen atoms in total. The first-order valence-electron chi connectivity index (χ1n) is 4.78. The number of aromatic nitrogens is 3. The summed E-state index contributed by atoms with van der Waals surface area (Å²) in [6, 6.07) is 7.67. The molecule has 1 aromatic heterocycles. The Balaban J connectivity index is 1.83. The van der Waals surface area contributed by atoms with E-state index in [4.69, 9.17) is 5.73 Å². The lowest BCUT2D eigenvalue weighted by Gasteiger charge is -2.05. The molecule has 0 saturated carbocycles. The Morgan fingerprint density at radius 1 is 1.40 bits per heavy atom. The number of aromatic amines is 1. The normalized spacial score (nSPS) is 10.1. The highest BCUT2D eigenvalue weighted by atomic mass is 15.2. The minimum Gasteiger partial charge on any atom is -0.399 e. The van der Waals surface area contributed by atoms with Crippen LogP contribution in [0.15, 0.2) is 30.6 Å². The number of nitrogen functional groups attached to an aromatic ring is 1. The minimum absolute atomic E-state index is 0.764. The number of rotatable bonds is 4. The number of benzene rings is 1. The number of nitrogens with one attached hydrogen (secondary N) is 2. The molecule has 1 aromatic carbocycles. The molecule has 0 unspecified atom stereocenters. The molecule has 2 rings (SSSR count). The smallest absolute Gasteiger partial charge is 0.137 e. The van der Waals surface area contributed by atoms with E-state index in [1.54, 1.807) is 0 Å². The number of anilines is 2. The summed E-state index contributed by atoms with van der Waals surface area (Å²) in [6.45, 7) is 0.804. The van der Waals surface area contributed by atoms with Crippen molar-refractivity contribution in [2.75, 3.05) is 17.6 Å². The summed E-state index contributed by atoms with van der Waals surface area (Å²) in [6.07, 6.45) is 2.32. The first-order valence-corrected chi connectivity index (χ1v) is 4.78. The van der Waals surface area contributed by atoms with Gasteiger partial charge in [0.2, 0.25) is 0 Å². The molecular formula is C10H13N5. The molecule has 4 N–H and O–H groups in total. The van der Waals surface area contributed by atoms with Gasteiger partial charge in [-0.05, 0) is 18.2 Å². The summed E-state index contributed by atoms with van der Waals surface area (Å²) in [5.74, 6) is 0.881. The summed E-state index contributed by atoms with van der Waals surface area (Å²) < 4.78 is 0. The highest BCUT2D eigenvalue weighted by Crippen LogP contribution is 2.11. The molecule has 5 heteroatoms. The Bertz CT molecular complexity index is 410. The molecule has 15 heavy (non-hydrogen) atoms. The zero-order chi connectivity index (χ0) is 10.5. The lowest BCUT2D eigenvalue weighted by molar-refractivity contribution is 0.901. The van der Waals surface area contributed by atoms with Crippen molar-refractivity contribution in [3.63, 3.8) is 0 Å². The monoisotopic (exact) mass is 203 g/mol. The first-order chi connectivity index (χ1) is 7.34. The lowest BCUT2D eigenvalue weighted by atomic mass is 10.3. The van der Waals surface area contributed by atoms with Gasteiger partial charge in [-0.3, -0.25) is 5.10 Å². The zero-order valence-corrected chi connectivity index (χ0v) is 8.27. The number of nitrogens with two attached hydrogens (primary N) is 1. The minimum atomic E-state index is 0.764. The molecule has 0 radical (unpaired) electrons. The summed E-state index contributed by atoms with van der Waals surface area (Å²) >= 11 is 0. The largest absolute Gasteiger partial charge is 0.399 e. The van der Waals surface area contributed by atoms with Crippen LogP contribution in [0.4, 0.5) is 11.4 Å². The number of hydrogen-bond acceptors (Lipinski definition) is 4. The molecular weight excluding hydrogens is 190 g/mol. The van der Waals surface area contributed by atoms with E-state index in [0.717, 1.165) is 30.2 Å². The Labute approximate surface area is 87.7 Å². The zero-order valence-electron chi connectivity index (χ0n) is 8.27. The second-order valence-corrected chi connectivity index (χ2v) is 3.23. The standard InChI is InChI=1S/C10H13N5/c11-8-2-1-3-9(6-8)12-5-4-10-13-7-14-15-10/h1-3,6-7,12H,4-5,11H2,(H,13,14,15). The maximum atomic E-state index is 5.66. The molecule has 0 aliphatic heterocycles. The lowest BCUT2D eigenvalue weighted by Crippen LogP contribution is -2.06. The quantitative estimate of drug-likeness (QED) is 0.649. The molecule has 78 valence electrons. The van der Waals surface area contributed by atoms with Crippen molar-refractivity contribution in [1.29, 1.82) is 0 Å². The molecule has 0 fully saturated rings. The van der Waals surface area contributed by atoms with E-state index in [2.05, 4.69) is 20.5 Å². The Hall–Kier alpha value is -2.04. The van der Waals surface area contributed by atoms with Gasteiger partial charge in [0, 0.05) is 24.3 Å². The number of H-pyrrole nitrogens is 1. The summed E-state index contributed by atoms with van der Waals surface area (Å²) in [5, 5.41) is 9.84. The van der Waals surface area contributed by atoms with Gasteiger partial charge in [0.05, 0.1) is 0 Å². The molecule has 2 aromatic rings. The predicted octanol–water partition coefficient (Wildman–Crippen LogP) is 1.04. The van der Waals surface area contributed by atoms with Gasteiger partial charge in [0.15, 0.2) is 0 Å². The van der Waals surface area contributed by atoms with Crippen LogP contribution in [0.3, 0.4) is 0 Å². The predicted molar refractivity (Wildman–Crippen MR) is 59.4 cm³/mol. The van der Waals surface area contributed by atoms with Crippen LogP contribution >= 0.6 is 0 Å². The van der Waals surface area contributed by atoms with Crippen molar-refractivity contribution >= 4 is 11.4 Å². The highest BCUT2D eigenvalue weighted by Gasteiger charge is 1.95. The van der Waals surface area contributed by atoms with E-state index in [1.165, 1.54) is 6.33 Å². The maximum Gasteiger partial charge on any atom is 0.137 e. The molecule has 0 atom stereocenters. The Morgan fingerprint density at radius 2 is 2.33 bits per heavy atom. The van der Waals surface area contributed by atoms with Crippen LogP contribution < -0.4 is 11.1 Å². The Kier molecular flexibility index (Phi) is 2.82. The third-order valence-electron chi connectivity index (χ3n) is 2.04. The van der Waals surface area contributed by atoms with Crippen LogP contribution in [-0.4, -0.2) is 21.7 Å². The topological polar surface area (TPSA) is 79.6 Å². The summed E-state index contributed by atoms with van der Waals surface area (Å²) in [4.78, 5) is 4.03. The van der Waals surface area contributed by atoms with Crippen LogP contribution in [0.5, 0.6) is 0 Å². The van der Waals surface area contributed by atoms with Gasteiger partial charge in [0.25, 0.3) is 0 Å². The van der Waals surface area contributed by atoms with Gasteiger partial charge in [0.1, 0.15) is 12.2 Å². The van der Waals surface area contributed by atoms with E-state index in [9.17, 15) is 0 Å². The number of nitrogens with zero attached hydrogens (tertiary/aromatic N) is 2. The summed E-state index contributed by atoms with van der Waals surface area (Å²) in [5.41, 5.74) is 7.44. The van der Waals surface area contributed by atoms with Gasteiger partial charge < -0.3 is 11.1 Å². The first kappa shape index (κ1) is 9.51. The molecule has 0 aliphatic rings. The van der Waals surface area contributed by atoms with Crippen LogP contribution in [0.1, 0.15) is 5.82 Å². The second kappa shape index (κ2) is 4.45. The molecule has 0 saturated heterocycles. The molecule has 0 amide bonds. The fourth-order valence-electron chi connectivity index (χ4n) is 1.33. The fraction of sp³-hybridized carbons (Fsp3) is 0.200. The van der Waals surface area contributed by atoms with E-state index >= 15 is 0 Å². The van der Waals surface area contributed by atoms with Gasteiger partial charge in [-0.1, -0.05) is 6.07 Å². The Morgan fingerprint density at radius 3 is 3.07 bits per heavy atom. The molecule has 1 heterocycles. The van der Waals surface area contributed by atoms with Crippen molar-refractivity contribution < 1.29 is 0 Å². The van der Waals surface area contributed by atoms with E-state index in [-0.39, 0.29) is 0 Å². The van der Waals surface area contributed by atoms with Gasteiger partial charge in [-0.25, -0.2) is 4.98 Å². The van der Waals surface area contributed by atoms with Crippen molar-refractivity contribution in [2.45, 2.75) is 6.42 Å². The SMILES string of the molecule is Nc1cccc(NCCc2ncn[nH]2)c1. The number of hydrogen-bond donors (Lipinski definition) is 3.